The maximum absolute atomic E-state index is 9.21. The molecular formula is C50H53N5O. The number of imidazole rings is 1. The van der Waals surface area contributed by atoms with E-state index in [0.717, 1.165) is 32.8 Å². The summed E-state index contributed by atoms with van der Waals surface area (Å²) >= 11 is 0. The molecule has 4 aromatic heterocycles. The summed E-state index contributed by atoms with van der Waals surface area (Å²) in [7, 11) is 0. The monoisotopic (exact) mass is 745 g/mol. The number of hydrogen-bond donors (Lipinski definition) is 0. The van der Waals surface area contributed by atoms with Crippen molar-refractivity contribution in [3.8, 4) is 28.8 Å². The number of aromatic nitrogens is 5. The molecule has 0 spiro atoms. The molecule has 0 radical (unpaired) electrons. The number of ether oxygens (including phenoxy) is 1. The molecule has 0 N–H and O–H groups in total. The van der Waals surface area contributed by atoms with Crippen molar-refractivity contribution in [1.29, 1.82) is 0 Å². The van der Waals surface area contributed by atoms with E-state index >= 15 is 0 Å². The van der Waals surface area contributed by atoms with E-state index in [4.69, 9.17) is 17.4 Å². The Bertz CT molecular complexity index is 2960. The Labute approximate surface area is 339 Å². The van der Waals surface area contributed by atoms with Crippen molar-refractivity contribution in [3.63, 3.8) is 0 Å². The van der Waals surface area contributed by atoms with Gasteiger partial charge < -0.3 is 4.74 Å². The third-order valence-electron chi connectivity index (χ3n) is 9.10. The van der Waals surface area contributed by atoms with Gasteiger partial charge in [-0.15, -0.1) is 0 Å². The number of benzene rings is 4. The zero-order chi connectivity index (χ0) is 44.8. The molecule has 0 atom stereocenters. The van der Waals surface area contributed by atoms with Crippen LogP contribution < -0.4 is 9.30 Å². The van der Waals surface area contributed by atoms with Crippen LogP contribution in [-0.4, -0.2) is 19.1 Å². The summed E-state index contributed by atoms with van der Waals surface area (Å²) in [4.78, 5) is 9.48. The lowest BCUT2D eigenvalue weighted by molar-refractivity contribution is -0.572. The maximum Gasteiger partial charge on any atom is 0.271 e. The van der Waals surface area contributed by atoms with Gasteiger partial charge in [-0.3, -0.25) is 18.7 Å². The van der Waals surface area contributed by atoms with Crippen molar-refractivity contribution in [2.45, 2.75) is 81.4 Å². The summed E-state index contributed by atoms with van der Waals surface area (Å²) in [5, 5.41) is 2.04. The lowest BCUT2D eigenvalue weighted by Crippen LogP contribution is -2.30. The van der Waals surface area contributed by atoms with Crippen LogP contribution in [0.2, 0.25) is 0 Å². The molecule has 0 aliphatic heterocycles. The molecule has 8 rings (SSSR count). The molecular weight excluding hydrogens is 687 g/mol. The van der Waals surface area contributed by atoms with Gasteiger partial charge in [0.2, 0.25) is 0 Å². The fourth-order valence-electron chi connectivity index (χ4n) is 7.21. The van der Waals surface area contributed by atoms with E-state index in [9.17, 15) is 5.48 Å². The first-order chi connectivity index (χ1) is 28.9. The highest BCUT2D eigenvalue weighted by Crippen LogP contribution is 2.36. The van der Waals surface area contributed by atoms with Crippen molar-refractivity contribution >= 4 is 32.8 Å². The molecule has 284 valence electrons. The molecule has 0 aliphatic carbocycles. The lowest BCUT2D eigenvalue weighted by Gasteiger charge is -2.22. The third-order valence-corrected chi connectivity index (χ3v) is 9.10. The second-order valence-corrected chi connectivity index (χ2v) is 17.5. The standard InChI is InChI=1S/C50H53N5O/c1-48(2,3)30-34-20-22-52-47(27-34)55-42-15-11-10-14-40(42)41-19-18-38(28-45(41)55)56-39-21-23-51-46(29-39)54-33-53(43-16-12-13-17-44(43)54)37-25-35(31-49(4,5)6)24-36(26-37)32-50(7,8)9/h10-29H,30-32H2,1-9H3/i30D2,31D2,32D2. The zero-order valence-electron chi connectivity index (χ0n) is 39.7. The van der Waals surface area contributed by atoms with E-state index in [2.05, 4.69) is 17.0 Å². The number of para-hydroxylation sites is 3. The molecule has 4 aromatic carbocycles. The highest BCUT2D eigenvalue weighted by Gasteiger charge is 2.20. The summed E-state index contributed by atoms with van der Waals surface area (Å²) in [6.07, 6.45) is 1.66. The number of fused-ring (bicyclic) bond motifs is 4. The van der Waals surface area contributed by atoms with Crippen LogP contribution in [0.3, 0.4) is 0 Å². The molecule has 8 aromatic rings. The van der Waals surface area contributed by atoms with Gasteiger partial charge in [-0.25, -0.2) is 4.98 Å². The molecule has 0 unspecified atom stereocenters. The fraction of sp³-hybridized carbons (Fsp3) is 0.300. The van der Waals surface area contributed by atoms with Crippen molar-refractivity contribution in [2.24, 2.45) is 16.2 Å². The van der Waals surface area contributed by atoms with Crippen LogP contribution in [0, 0.1) is 22.6 Å². The topological polar surface area (TPSA) is 48.8 Å². The molecule has 4 heterocycles. The zero-order valence-corrected chi connectivity index (χ0v) is 33.7. The van der Waals surface area contributed by atoms with Crippen molar-refractivity contribution in [1.82, 2.24) is 19.1 Å². The van der Waals surface area contributed by atoms with E-state index in [1.54, 1.807) is 42.7 Å². The SMILES string of the molecule is [2H]C([2H])(c1cc(-[n+]2[c-]n(-c3cc(Oc4ccc5c6ccccc6n(-c6cc(C([2H])([2H])C(C)(C)C)ccn6)c5c4)ccn3)c3ccccc32)cc(C([2H])([2H])C(C)(C)C)c1)C(C)(C)C. The van der Waals surface area contributed by atoms with Crippen LogP contribution in [-0.2, 0) is 19.1 Å². The Morgan fingerprint density at radius 3 is 1.88 bits per heavy atom. The molecule has 0 amide bonds. The summed E-state index contributed by atoms with van der Waals surface area (Å²) in [5.41, 5.74) is 3.12. The minimum Gasteiger partial charge on any atom is -0.458 e. The number of nitrogens with zero attached hydrogens (tertiary/aromatic N) is 5. The van der Waals surface area contributed by atoms with Gasteiger partial charge in [0.15, 0.2) is 5.82 Å². The molecule has 0 fully saturated rings. The van der Waals surface area contributed by atoms with Crippen LogP contribution in [0.5, 0.6) is 11.5 Å². The lowest BCUT2D eigenvalue weighted by atomic mass is 9.84. The number of rotatable bonds is 8. The van der Waals surface area contributed by atoms with E-state index < -0.39 is 35.4 Å². The van der Waals surface area contributed by atoms with Gasteiger partial charge in [0.25, 0.3) is 6.33 Å². The largest absolute Gasteiger partial charge is 0.458 e. The second-order valence-electron chi connectivity index (χ2n) is 17.5. The fourth-order valence-corrected chi connectivity index (χ4v) is 7.21. The first-order valence-corrected chi connectivity index (χ1v) is 19.2. The minimum absolute atomic E-state index is 0.391. The van der Waals surface area contributed by atoms with Gasteiger partial charge in [-0.1, -0.05) is 122 Å². The Morgan fingerprint density at radius 1 is 0.571 bits per heavy atom. The average Bonchev–Trinajstić information content (AvgIpc) is 3.76. The highest BCUT2D eigenvalue weighted by atomic mass is 16.5. The summed E-state index contributed by atoms with van der Waals surface area (Å²) < 4.78 is 67.1. The van der Waals surface area contributed by atoms with Gasteiger partial charge in [-0.2, -0.15) is 0 Å². The van der Waals surface area contributed by atoms with Crippen LogP contribution in [0.1, 0.15) is 87.2 Å². The van der Waals surface area contributed by atoms with Crippen molar-refractivity contribution in [2.75, 3.05) is 0 Å². The van der Waals surface area contributed by atoms with E-state index in [0.29, 0.717) is 45.5 Å². The van der Waals surface area contributed by atoms with Crippen LogP contribution in [0.15, 0.2) is 122 Å². The van der Waals surface area contributed by atoms with Crippen LogP contribution in [0.4, 0.5) is 0 Å². The first kappa shape index (κ1) is 30.5. The Balaban J connectivity index is 1.22. The second kappa shape index (κ2) is 14.1. The smallest absolute Gasteiger partial charge is 0.271 e. The van der Waals surface area contributed by atoms with E-state index in [1.807, 2.05) is 144 Å². The Hall–Kier alpha value is -5.75. The van der Waals surface area contributed by atoms with Crippen molar-refractivity contribution < 1.29 is 17.5 Å². The predicted octanol–water partition coefficient (Wildman–Crippen LogP) is 12.2. The Kier molecular flexibility index (Phi) is 7.66. The molecule has 6 heteroatoms. The van der Waals surface area contributed by atoms with Gasteiger partial charge in [-0.05, 0) is 89.5 Å². The summed E-state index contributed by atoms with van der Waals surface area (Å²) in [6, 6.07) is 34.3. The first-order valence-electron chi connectivity index (χ1n) is 22.2. The quantitative estimate of drug-likeness (QED) is 0.115. The number of hydrogen-bond acceptors (Lipinski definition) is 3. The highest BCUT2D eigenvalue weighted by molar-refractivity contribution is 6.09. The third kappa shape index (κ3) is 7.97. The summed E-state index contributed by atoms with van der Waals surface area (Å²) in [6.45, 7) is 16.8. The molecule has 0 aliphatic rings. The maximum atomic E-state index is 9.21. The van der Waals surface area contributed by atoms with Gasteiger partial charge in [0, 0.05) is 43.5 Å². The average molecular weight is 746 g/mol. The van der Waals surface area contributed by atoms with Crippen LogP contribution in [0.25, 0.3) is 50.2 Å². The van der Waals surface area contributed by atoms with Gasteiger partial charge in [0.05, 0.1) is 27.8 Å². The van der Waals surface area contributed by atoms with Crippen LogP contribution >= 0.6 is 0 Å². The summed E-state index contributed by atoms with van der Waals surface area (Å²) in [5.74, 6) is 2.26. The molecule has 6 nitrogen and oxygen atoms in total. The predicted molar refractivity (Wildman–Crippen MR) is 230 cm³/mol. The van der Waals surface area contributed by atoms with Gasteiger partial charge in [0.1, 0.15) is 17.3 Å². The molecule has 0 saturated heterocycles. The molecule has 0 saturated carbocycles. The Morgan fingerprint density at radius 2 is 1.16 bits per heavy atom. The molecule has 0 bridgehead atoms. The van der Waals surface area contributed by atoms with E-state index in [-0.39, 0.29) is 0 Å². The normalized spacial score (nSPS) is 14.9. The molecule has 56 heavy (non-hydrogen) atoms. The number of pyridine rings is 2. The van der Waals surface area contributed by atoms with E-state index in [1.165, 1.54) is 0 Å². The van der Waals surface area contributed by atoms with Crippen molar-refractivity contribution in [3.05, 3.63) is 145 Å². The van der Waals surface area contributed by atoms with Gasteiger partial charge >= 0.3 is 0 Å². The minimum atomic E-state index is -1.78.